The molecule has 0 unspecified atom stereocenters. The van der Waals surface area contributed by atoms with E-state index in [1.807, 2.05) is 26.0 Å². The normalized spacial score (nSPS) is 10.5. The molecule has 0 aliphatic carbocycles. The van der Waals surface area contributed by atoms with Gasteiger partial charge in [0.1, 0.15) is 5.78 Å². The third-order valence-electron chi connectivity index (χ3n) is 2.11. The van der Waals surface area contributed by atoms with E-state index in [0.29, 0.717) is 17.9 Å². The topological polar surface area (TPSA) is 35.5 Å². The van der Waals surface area contributed by atoms with Gasteiger partial charge in [0.15, 0.2) is 11.5 Å². The Labute approximate surface area is 110 Å². The third kappa shape index (κ3) is 4.04. The number of carbonyl (C=O) groups excluding carboxylic acids is 1. The second-order valence-electron chi connectivity index (χ2n) is 4.14. The fraction of sp³-hybridized carbons (Fsp3) is 0.462. The summed E-state index contributed by atoms with van der Waals surface area (Å²) in [5.74, 6) is 1.39. The van der Waals surface area contributed by atoms with Gasteiger partial charge in [0.05, 0.1) is 13.2 Å². The lowest BCUT2D eigenvalue weighted by molar-refractivity contribution is -0.116. The smallest absolute Gasteiger partial charge is 0.165 e. The highest BCUT2D eigenvalue weighted by Crippen LogP contribution is 2.35. The first-order chi connectivity index (χ1) is 7.93. The van der Waals surface area contributed by atoms with E-state index in [-0.39, 0.29) is 11.9 Å². The van der Waals surface area contributed by atoms with Gasteiger partial charge in [-0.15, -0.1) is 0 Å². The van der Waals surface area contributed by atoms with Crippen LogP contribution in [0.3, 0.4) is 0 Å². The van der Waals surface area contributed by atoms with E-state index < -0.39 is 0 Å². The molecule has 0 aliphatic heterocycles. The van der Waals surface area contributed by atoms with Gasteiger partial charge in [-0.2, -0.15) is 0 Å². The quantitative estimate of drug-likeness (QED) is 0.836. The maximum absolute atomic E-state index is 11.3. The summed E-state index contributed by atoms with van der Waals surface area (Å²) in [7, 11) is 1.59. The molecule has 1 aromatic rings. The molecule has 3 nitrogen and oxygen atoms in total. The fourth-order valence-corrected chi connectivity index (χ4v) is 2.03. The Morgan fingerprint density at radius 1 is 1.41 bits per heavy atom. The lowest BCUT2D eigenvalue weighted by atomic mass is 10.1. The molecule has 0 atom stereocenters. The van der Waals surface area contributed by atoms with Gasteiger partial charge in [-0.3, -0.25) is 4.79 Å². The zero-order valence-electron chi connectivity index (χ0n) is 10.5. The predicted octanol–water partition coefficient (Wildman–Crippen LogP) is 3.38. The van der Waals surface area contributed by atoms with Crippen LogP contribution >= 0.6 is 15.9 Å². The molecule has 0 N–H and O–H groups in total. The average Bonchev–Trinajstić information content (AvgIpc) is 2.20. The van der Waals surface area contributed by atoms with Crippen molar-refractivity contribution in [2.45, 2.75) is 33.3 Å². The molecule has 0 fully saturated rings. The summed E-state index contributed by atoms with van der Waals surface area (Å²) < 4.78 is 11.9. The van der Waals surface area contributed by atoms with Crippen LogP contribution in [0.4, 0.5) is 0 Å². The molecular formula is C13H17BrO3. The molecule has 1 aromatic carbocycles. The van der Waals surface area contributed by atoms with Crippen LogP contribution < -0.4 is 9.47 Å². The van der Waals surface area contributed by atoms with Crippen LogP contribution in [-0.2, 0) is 11.2 Å². The summed E-state index contributed by atoms with van der Waals surface area (Å²) >= 11 is 3.40. The van der Waals surface area contributed by atoms with Crippen molar-refractivity contribution < 1.29 is 14.3 Å². The van der Waals surface area contributed by atoms with Gasteiger partial charge >= 0.3 is 0 Å². The molecule has 4 heteroatoms. The van der Waals surface area contributed by atoms with E-state index in [1.54, 1.807) is 14.0 Å². The Balaban J connectivity index is 3.22. The van der Waals surface area contributed by atoms with Gasteiger partial charge in [0, 0.05) is 16.5 Å². The van der Waals surface area contributed by atoms with Crippen molar-refractivity contribution in [2.24, 2.45) is 0 Å². The molecule has 0 amide bonds. The number of halogens is 1. The van der Waals surface area contributed by atoms with E-state index in [1.165, 1.54) is 0 Å². The van der Waals surface area contributed by atoms with Crippen LogP contribution in [-0.4, -0.2) is 19.0 Å². The van der Waals surface area contributed by atoms with Gasteiger partial charge in [0.25, 0.3) is 0 Å². The van der Waals surface area contributed by atoms with Crippen molar-refractivity contribution in [3.05, 3.63) is 22.2 Å². The average molecular weight is 301 g/mol. The van der Waals surface area contributed by atoms with E-state index in [0.717, 1.165) is 10.0 Å². The minimum Gasteiger partial charge on any atom is -0.493 e. The maximum atomic E-state index is 11.3. The first-order valence-corrected chi connectivity index (χ1v) is 6.25. The summed E-state index contributed by atoms with van der Waals surface area (Å²) in [5, 5.41) is 0. The standard InChI is InChI=1S/C13H17BrO3/c1-8(2)17-13-10(5-9(3)15)6-11(14)7-12(13)16-4/h6-8H,5H2,1-4H3. The van der Waals surface area contributed by atoms with Gasteiger partial charge in [-0.25, -0.2) is 0 Å². The van der Waals surface area contributed by atoms with Crippen LogP contribution in [0.15, 0.2) is 16.6 Å². The lowest BCUT2D eigenvalue weighted by Crippen LogP contribution is -2.10. The molecule has 0 bridgehead atoms. The lowest BCUT2D eigenvalue weighted by Gasteiger charge is -2.17. The first kappa shape index (κ1) is 14.0. The summed E-state index contributed by atoms with van der Waals surface area (Å²) in [6.07, 6.45) is 0.383. The van der Waals surface area contributed by atoms with Crippen LogP contribution in [0.1, 0.15) is 26.3 Å². The molecule has 17 heavy (non-hydrogen) atoms. The molecule has 0 saturated carbocycles. The van der Waals surface area contributed by atoms with Crippen LogP contribution in [0, 0.1) is 0 Å². The molecule has 0 heterocycles. The van der Waals surface area contributed by atoms with Crippen molar-refractivity contribution in [3.8, 4) is 11.5 Å². The number of methoxy groups -OCH3 is 1. The van der Waals surface area contributed by atoms with Crippen molar-refractivity contribution in [3.63, 3.8) is 0 Å². The van der Waals surface area contributed by atoms with Crippen LogP contribution in [0.5, 0.6) is 11.5 Å². The van der Waals surface area contributed by atoms with Crippen molar-refractivity contribution in [1.82, 2.24) is 0 Å². The Morgan fingerprint density at radius 3 is 2.53 bits per heavy atom. The zero-order valence-corrected chi connectivity index (χ0v) is 12.1. The van der Waals surface area contributed by atoms with E-state index in [9.17, 15) is 4.79 Å². The van der Waals surface area contributed by atoms with E-state index in [2.05, 4.69) is 15.9 Å². The summed E-state index contributed by atoms with van der Waals surface area (Å²) in [6.45, 7) is 5.45. The number of Topliss-reactive ketones (excluding diaryl/α,β-unsaturated/α-hetero) is 1. The summed E-state index contributed by atoms with van der Waals surface area (Å²) in [5.41, 5.74) is 0.845. The minimum absolute atomic E-state index is 0.0378. The van der Waals surface area contributed by atoms with Gasteiger partial charge in [0.2, 0.25) is 0 Å². The fourth-order valence-electron chi connectivity index (χ4n) is 1.54. The molecule has 94 valence electrons. The minimum atomic E-state index is 0.0378. The second kappa shape index (κ2) is 6.05. The van der Waals surface area contributed by atoms with E-state index >= 15 is 0 Å². The Morgan fingerprint density at radius 2 is 2.06 bits per heavy atom. The number of benzene rings is 1. The molecule has 0 aromatic heterocycles. The highest BCUT2D eigenvalue weighted by Gasteiger charge is 2.15. The van der Waals surface area contributed by atoms with Gasteiger partial charge in [-0.05, 0) is 32.9 Å². The first-order valence-electron chi connectivity index (χ1n) is 5.46. The Bertz CT molecular complexity index is 413. The monoisotopic (exact) mass is 300 g/mol. The zero-order chi connectivity index (χ0) is 13.0. The third-order valence-corrected chi connectivity index (χ3v) is 2.57. The maximum Gasteiger partial charge on any atom is 0.165 e. The van der Waals surface area contributed by atoms with Crippen molar-refractivity contribution in [2.75, 3.05) is 7.11 Å². The van der Waals surface area contributed by atoms with Crippen LogP contribution in [0.2, 0.25) is 0 Å². The summed E-state index contributed by atoms with van der Waals surface area (Å²) in [4.78, 5) is 11.3. The molecule has 0 saturated heterocycles. The largest absolute Gasteiger partial charge is 0.493 e. The number of hydrogen-bond donors (Lipinski definition) is 0. The van der Waals surface area contributed by atoms with Gasteiger partial charge < -0.3 is 9.47 Å². The number of carbonyl (C=O) groups is 1. The van der Waals surface area contributed by atoms with Crippen LogP contribution in [0.25, 0.3) is 0 Å². The number of rotatable bonds is 5. The van der Waals surface area contributed by atoms with E-state index in [4.69, 9.17) is 9.47 Å². The van der Waals surface area contributed by atoms with Gasteiger partial charge in [-0.1, -0.05) is 15.9 Å². The summed E-state index contributed by atoms with van der Waals surface area (Å²) in [6, 6.07) is 3.73. The molecule has 0 radical (unpaired) electrons. The molecule has 1 rings (SSSR count). The number of ether oxygens (including phenoxy) is 2. The number of ketones is 1. The number of hydrogen-bond acceptors (Lipinski definition) is 3. The Hall–Kier alpha value is -1.03. The SMILES string of the molecule is COc1cc(Br)cc(CC(C)=O)c1OC(C)C. The van der Waals surface area contributed by atoms with Crippen molar-refractivity contribution in [1.29, 1.82) is 0 Å². The molecular weight excluding hydrogens is 284 g/mol. The van der Waals surface area contributed by atoms with Crippen molar-refractivity contribution >= 4 is 21.7 Å². The Kier molecular flexibility index (Phi) is 5.00. The highest BCUT2D eigenvalue weighted by molar-refractivity contribution is 9.10. The molecule has 0 spiro atoms. The highest BCUT2D eigenvalue weighted by atomic mass is 79.9. The second-order valence-corrected chi connectivity index (χ2v) is 5.06. The molecule has 0 aliphatic rings. The predicted molar refractivity (Wildman–Crippen MR) is 70.8 cm³/mol.